The van der Waals surface area contributed by atoms with E-state index in [1.165, 1.54) is 19.3 Å². The molecule has 0 aliphatic carbocycles. The number of piperidine rings is 1. The maximum absolute atomic E-state index is 6.00. The van der Waals surface area contributed by atoms with Gasteiger partial charge in [0.25, 0.3) is 0 Å². The van der Waals surface area contributed by atoms with Gasteiger partial charge in [0.2, 0.25) is 11.8 Å². The predicted octanol–water partition coefficient (Wildman–Crippen LogP) is 2.60. The molecule has 108 valence electrons. The number of likely N-dealkylation sites (tertiary alicyclic amines) is 1. The summed E-state index contributed by atoms with van der Waals surface area (Å²) in [5.41, 5.74) is 0. The lowest BCUT2D eigenvalue weighted by molar-refractivity contribution is 0.123. The molecule has 1 aliphatic heterocycles. The lowest BCUT2D eigenvalue weighted by atomic mass is 10.0. The molecule has 0 amide bonds. The average Bonchev–Trinajstić information content (AvgIpc) is 2.94. The van der Waals surface area contributed by atoms with Crippen molar-refractivity contribution in [3.8, 4) is 5.88 Å². The summed E-state index contributed by atoms with van der Waals surface area (Å²) in [6.07, 6.45) is 3.78. The zero-order valence-electron chi connectivity index (χ0n) is 11.9. The van der Waals surface area contributed by atoms with Gasteiger partial charge in [0, 0.05) is 13.1 Å². The first-order valence-electron chi connectivity index (χ1n) is 7.04. The van der Waals surface area contributed by atoms with Crippen LogP contribution in [0.3, 0.4) is 0 Å². The van der Waals surface area contributed by atoms with Gasteiger partial charge in [0.05, 0.1) is 5.39 Å². The number of nitrogens with zero attached hydrogens (tertiary/aromatic N) is 3. The first-order chi connectivity index (χ1) is 9.78. The number of hydrogen-bond acceptors (Lipinski definition) is 6. The van der Waals surface area contributed by atoms with Crippen molar-refractivity contribution in [1.29, 1.82) is 0 Å². The zero-order valence-corrected chi connectivity index (χ0v) is 12.7. The molecule has 1 fully saturated rings. The predicted molar refractivity (Wildman–Crippen MR) is 82.7 cm³/mol. The molecule has 1 saturated heterocycles. The van der Waals surface area contributed by atoms with Gasteiger partial charge >= 0.3 is 0 Å². The van der Waals surface area contributed by atoms with Gasteiger partial charge in [0.1, 0.15) is 11.4 Å². The molecule has 20 heavy (non-hydrogen) atoms. The number of nitrogens with one attached hydrogen (secondary N) is 1. The van der Waals surface area contributed by atoms with Crippen LogP contribution in [-0.4, -0.2) is 48.2 Å². The van der Waals surface area contributed by atoms with E-state index in [0.29, 0.717) is 24.5 Å². The molecule has 0 bridgehead atoms. The van der Waals surface area contributed by atoms with Crippen LogP contribution in [0.1, 0.15) is 19.3 Å². The fourth-order valence-electron chi connectivity index (χ4n) is 2.58. The molecule has 3 heterocycles. The summed E-state index contributed by atoms with van der Waals surface area (Å²) in [6, 6.07) is 2.52. The first kappa shape index (κ1) is 13.6. The van der Waals surface area contributed by atoms with Crippen LogP contribution in [0.5, 0.6) is 5.88 Å². The van der Waals surface area contributed by atoms with E-state index in [0.717, 1.165) is 16.8 Å². The highest BCUT2D eigenvalue weighted by Gasteiger charge is 2.20. The van der Waals surface area contributed by atoms with Gasteiger partial charge in [-0.3, -0.25) is 0 Å². The SMILES string of the molecule is CNc1nc(OCC2CCCCN2C)c2ccsc2n1. The van der Waals surface area contributed by atoms with Crippen LogP contribution in [0.2, 0.25) is 0 Å². The van der Waals surface area contributed by atoms with Crippen molar-refractivity contribution < 1.29 is 4.74 Å². The molecule has 0 radical (unpaired) electrons. The number of likely N-dealkylation sites (N-methyl/N-ethyl adjacent to an activating group) is 1. The summed E-state index contributed by atoms with van der Waals surface area (Å²) in [4.78, 5) is 12.2. The number of anilines is 1. The summed E-state index contributed by atoms with van der Waals surface area (Å²) >= 11 is 1.61. The lowest BCUT2D eigenvalue weighted by Gasteiger charge is -2.32. The smallest absolute Gasteiger partial charge is 0.227 e. The molecule has 5 nitrogen and oxygen atoms in total. The summed E-state index contributed by atoms with van der Waals surface area (Å²) in [7, 11) is 4.00. The quantitative estimate of drug-likeness (QED) is 0.938. The standard InChI is InChI=1S/C14H20N4OS/c1-15-14-16-12(11-6-8-20-13(11)17-14)19-9-10-5-3-4-7-18(10)2/h6,8,10H,3-5,7,9H2,1-2H3,(H,15,16,17). The Balaban J connectivity index is 1.77. The minimum atomic E-state index is 0.491. The van der Waals surface area contributed by atoms with E-state index in [9.17, 15) is 0 Å². The van der Waals surface area contributed by atoms with Crippen LogP contribution in [0.15, 0.2) is 11.4 Å². The Morgan fingerprint density at radius 2 is 2.35 bits per heavy atom. The van der Waals surface area contributed by atoms with Crippen molar-refractivity contribution in [3.05, 3.63) is 11.4 Å². The Morgan fingerprint density at radius 1 is 1.45 bits per heavy atom. The monoisotopic (exact) mass is 292 g/mol. The molecule has 1 unspecified atom stereocenters. The van der Waals surface area contributed by atoms with E-state index in [4.69, 9.17) is 4.74 Å². The second-order valence-electron chi connectivity index (χ2n) is 5.18. The maximum Gasteiger partial charge on any atom is 0.227 e. The molecule has 0 saturated carbocycles. The molecule has 0 spiro atoms. The van der Waals surface area contributed by atoms with Gasteiger partial charge < -0.3 is 15.0 Å². The third kappa shape index (κ3) is 2.71. The van der Waals surface area contributed by atoms with Crippen molar-refractivity contribution in [2.45, 2.75) is 25.3 Å². The van der Waals surface area contributed by atoms with Crippen molar-refractivity contribution in [1.82, 2.24) is 14.9 Å². The van der Waals surface area contributed by atoms with E-state index in [2.05, 4.69) is 27.2 Å². The number of rotatable bonds is 4. The topological polar surface area (TPSA) is 50.3 Å². The third-order valence-electron chi connectivity index (χ3n) is 3.85. The molecular formula is C14H20N4OS. The van der Waals surface area contributed by atoms with Crippen molar-refractivity contribution in [2.24, 2.45) is 0 Å². The molecule has 1 atom stereocenters. The van der Waals surface area contributed by atoms with Crippen molar-refractivity contribution in [3.63, 3.8) is 0 Å². The zero-order chi connectivity index (χ0) is 13.9. The number of ether oxygens (including phenoxy) is 1. The Bertz CT molecular complexity index is 586. The van der Waals surface area contributed by atoms with Gasteiger partial charge in [-0.15, -0.1) is 11.3 Å². The second-order valence-corrected chi connectivity index (χ2v) is 6.08. The number of thiophene rings is 1. The van der Waals surface area contributed by atoms with E-state index >= 15 is 0 Å². The summed E-state index contributed by atoms with van der Waals surface area (Å²) in [6.45, 7) is 1.86. The molecule has 2 aromatic heterocycles. The minimum Gasteiger partial charge on any atom is -0.475 e. The van der Waals surface area contributed by atoms with E-state index in [1.54, 1.807) is 11.3 Å². The Labute approximate surface area is 123 Å². The van der Waals surface area contributed by atoms with Crippen LogP contribution in [0.25, 0.3) is 10.2 Å². The highest BCUT2D eigenvalue weighted by molar-refractivity contribution is 7.16. The number of hydrogen-bond donors (Lipinski definition) is 1. The molecule has 3 rings (SSSR count). The minimum absolute atomic E-state index is 0.491. The van der Waals surface area contributed by atoms with E-state index in [-0.39, 0.29) is 0 Å². The second kappa shape index (κ2) is 5.93. The van der Waals surface area contributed by atoms with Crippen LogP contribution in [0, 0.1) is 0 Å². The number of aromatic nitrogens is 2. The average molecular weight is 292 g/mol. The van der Waals surface area contributed by atoms with Crippen LogP contribution < -0.4 is 10.1 Å². The lowest BCUT2D eigenvalue weighted by Crippen LogP contribution is -2.40. The maximum atomic E-state index is 6.00. The fourth-order valence-corrected chi connectivity index (χ4v) is 3.33. The van der Waals surface area contributed by atoms with Gasteiger partial charge in [-0.05, 0) is 37.9 Å². The molecule has 1 N–H and O–H groups in total. The molecule has 0 aromatic carbocycles. The van der Waals surface area contributed by atoms with E-state index in [1.807, 2.05) is 18.5 Å². The fraction of sp³-hybridized carbons (Fsp3) is 0.571. The van der Waals surface area contributed by atoms with Crippen LogP contribution in [0.4, 0.5) is 5.95 Å². The van der Waals surface area contributed by atoms with Gasteiger partial charge in [-0.1, -0.05) is 6.42 Å². The molecular weight excluding hydrogens is 272 g/mol. The Kier molecular flexibility index (Phi) is 4.03. The highest BCUT2D eigenvalue weighted by atomic mass is 32.1. The van der Waals surface area contributed by atoms with Gasteiger partial charge in [0.15, 0.2) is 0 Å². The van der Waals surface area contributed by atoms with Gasteiger partial charge in [-0.2, -0.15) is 4.98 Å². The Hall–Kier alpha value is -1.40. The van der Waals surface area contributed by atoms with Crippen LogP contribution >= 0.6 is 11.3 Å². The molecule has 6 heteroatoms. The highest BCUT2D eigenvalue weighted by Crippen LogP contribution is 2.28. The summed E-state index contributed by atoms with van der Waals surface area (Å²) in [5.74, 6) is 1.31. The number of fused-ring (bicyclic) bond motifs is 1. The summed E-state index contributed by atoms with van der Waals surface area (Å²) < 4.78 is 6.00. The molecule has 1 aliphatic rings. The third-order valence-corrected chi connectivity index (χ3v) is 4.65. The van der Waals surface area contributed by atoms with Gasteiger partial charge in [-0.25, -0.2) is 4.98 Å². The molecule has 2 aromatic rings. The Morgan fingerprint density at radius 3 is 3.15 bits per heavy atom. The van der Waals surface area contributed by atoms with E-state index < -0.39 is 0 Å². The van der Waals surface area contributed by atoms with Crippen LogP contribution in [-0.2, 0) is 0 Å². The van der Waals surface area contributed by atoms with Crippen molar-refractivity contribution in [2.75, 3.05) is 32.6 Å². The largest absolute Gasteiger partial charge is 0.475 e. The van der Waals surface area contributed by atoms with Crippen molar-refractivity contribution >= 4 is 27.5 Å². The first-order valence-corrected chi connectivity index (χ1v) is 7.92. The normalized spacial score (nSPS) is 20.2. The summed E-state index contributed by atoms with van der Waals surface area (Å²) in [5, 5.41) is 6.02.